The minimum Gasteiger partial charge on any atom is -0.282 e. The van der Waals surface area contributed by atoms with Crippen molar-refractivity contribution >= 4 is 43.2 Å². The van der Waals surface area contributed by atoms with E-state index < -0.39 is 24.9 Å². The fraction of sp³-hybridized carbons (Fsp3) is 0. The van der Waals surface area contributed by atoms with Gasteiger partial charge in [0.15, 0.2) is 0 Å². The lowest BCUT2D eigenvalue weighted by molar-refractivity contribution is 0.483. The zero-order chi connectivity index (χ0) is 15.8. The largest absolute Gasteiger partial charge is 0.294 e. The Hall–Kier alpha value is -1.12. The van der Waals surface area contributed by atoms with Gasteiger partial charge in [-0.2, -0.15) is 8.42 Å². The van der Waals surface area contributed by atoms with Gasteiger partial charge in [-0.3, -0.25) is 4.55 Å². The minimum atomic E-state index is -4.51. The molecule has 9 heteroatoms. The van der Waals surface area contributed by atoms with Gasteiger partial charge in [-0.05, 0) is 36.4 Å². The van der Waals surface area contributed by atoms with Gasteiger partial charge in [0, 0.05) is 5.02 Å². The predicted molar refractivity (Wildman–Crippen MR) is 78.2 cm³/mol. The summed E-state index contributed by atoms with van der Waals surface area (Å²) in [6.45, 7) is 0. The molecule has 21 heavy (non-hydrogen) atoms. The molecule has 112 valence electrons. The summed E-state index contributed by atoms with van der Waals surface area (Å²) in [6.07, 6.45) is 0. The molecular weight excluding hydrogens is 359 g/mol. The molecule has 0 aliphatic heterocycles. The van der Waals surface area contributed by atoms with Gasteiger partial charge in [0.25, 0.3) is 10.1 Å². The summed E-state index contributed by atoms with van der Waals surface area (Å²) in [7, 11) is -8.58. The van der Waals surface area contributed by atoms with Crippen molar-refractivity contribution in [1.82, 2.24) is 0 Å². The van der Waals surface area contributed by atoms with E-state index in [0.717, 1.165) is 12.1 Å². The normalized spacial score (nSPS) is 12.3. The Bertz CT molecular complexity index is 905. The molecule has 2 rings (SSSR count). The molecule has 1 N–H and O–H groups in total. The lowest BCUT2D eigenvalue weighted by Crippen LogP contribution is -2.05. The van der Waals surface area contributed by atoms with Crippen molar-refractivity contribution in [2.45, 2.75) is 14.7 Å². The van der Waals surface area contributed by atoms with Crippen molar-refractivity contribution in [3.05, 3.63) is 52.5 Å². The highest BCUT2D eigenvalue weighted by atomic mass is 35.5. The van der Waals surface area contributed by atoms with Gasteiger partial charge < -0.3 is 0 Å². The third-order valence-corrected chi connectivity index (χ3v) is 5.91. The van der Waals surface area contributed by atoms with Gasteiger partial charge in [-0.1, -0.05) is 29.3 Å². The van der Waals surface area contributed by atoms with E-state index in [0.29, 0.717) is 0 Å². The minimum absolute atomic E-state index is 0.0448. The van der Waals surface area contributed by atoms with E-state index in [-0.39, 0.29) is 19.8 Å². The molecule has 2 aromatic carbocycles. The molecule has 0 heterocycles. The monoisotopic (exact) mass is 366 g/mol. The highest BCUT2D eigenvalue weighted by Gasteiger charge is 2.23. The van der Waals surface area contributed by atoms with E-state index in [1.807, 2.05) is 0 Å². The van der Waals surface area contributed by atoms with Gasteiger partial charge in [-0.25, -0.2) is 8.42 Å². The van der Waals surface area contributed by atoms with Crippen molar-refractivity contribution in [2.75, 3.05) is 0 Å². The van der Waals surface area contributed by atoms with Crippen LogP contribution in [0.5, 0.6) is 0 Å². The average molecular weight is 367 g/mol. The molecule has 0 fully saturated rings. The Kier molecular flexibility index (Phi) is 4.32. The fourth-order valence-electron chi connectivity index (χ4n) is 1.61. The second-order valence-corrected chi connectivity index (χ2v) is 8.21. The highest BCUT2D eigenvalue weighted by molar-refractivity contribution is 7.91. The van der Waals surface area contributed by atoms with Gasteiger partial charge in [0.2, 0.25) is 9.84 Å². The average Bonchev–Trinajstić information content (AvgIpc) is 2.40. The summed E-state index contributed by atoms with van der Waals surface area (Å²) in [5.74, 6) is 0. The Morgan fingerprint density at radius 2 is 1.48 bits per heavy atom. The van der Waals surface area contributed by atoms with Crippen LogP contribution in [0.1, 0.15) is 0 Å². The van der Waals surface area contributed by atoms with E-state index >= 15 is 0 Å². The zero-order valence-electron chi connectivity index (χ0n) is 10.2. The maximum atomic E-state index is 12.5. The molecule has 0 amide bonds. The van der Waals surface area contributed by atoms with Gasteiger partial charge in [0.05, 0.1) is 19.7 Å². The topological polar surface area (TPSA) is 88.5 Å². The summed E-state index contributed by atoms with van der Waals surface area (Å²) in [6, 6.07) is 8.24. The third kappa shape index (κ3) is 3.38. The van der Waals surface area contributed by atoms with Crippen LogP contribution in [-0.4, -0.2) is 21.4 Å². The Balaban J connectivity index is 2.68. The van der Waals surface area contributed by atoms with Crippen LogP contribution in [0.2, 0.25) is 10.0 Å². The predicted octanol–water partition coefficient (Wildman–Crippen LogP) is 3.07. The van der Waals surface area contributed by atoms with E-state index in [1.54, 1.807) is 0 Å². The summed E-state index contributed by atoms with van der Waals surface area (Å²) < 4.78 is 56.1. The number of rotatable bonds is 3. The van der Waals surface area contributed by atoms with E-state index in [2.05, 4.69) is 0 Å². The molecule has 0 aliphatic rings. The first-order valence-electron chi connectivity index (χ1n) is 5.40. The second kappa shape index (κ2) is 5.58. The number of benzene rings is 2. The molecule has 0 saturated heterocycles. The first-order chi connectivity index (χ1) is 9.62. The van der Waals surface area contributed by atoms with Crippen molar-refractivity contribution in [3.63, 3.8) is 0 Å². The molecule has 0 spiro atoms. The van der Waals surface area contributed by atoms with E-state index in [1.165, 1.54) is 30.3 Å². The molecule has 0 aromatic heterocycles. The quantitative estimate of drug-likeness (QED) is 0.843. The van der Waals surface area contributed by atoms with Crippen LogP contribution < -0.4 is 0 Å². The molecule has 2 aromatic rings. The zero-order valence-corrected chi connectivity index (χ0v) is 13.3. The fourth-order valence-corrected chi connectivity index (χ4v) is 4.27. The van der Waals surface area contributed by atoms with Gasteiger partial charge in [-0.15, -0.1) is 0 Å². The van der Waals surface area contributed by atoms with Crippen LogP contribution in [0.25, 0.3) is 0 Å². The molecule has 0 unspecified atom stereocenters. The molecule has 5 nitrogen and oxygen atoms in total. The molecule has 0 aliphatic carbocycles. The molecule has 0 atom stereocenters. The lowest BCUT2D eigenvalue weighted by atomic mass is 10.4. The van der Waals surface area contributed by atoms with Crippen molar-refractivity contribution < 1.29 is 21.4 Å². The second-order valence-electron chi connectivity index (χ2n) is 4.03. The summed E-state index contributed by atoms with van der Waals surface area (Å²) >= 11 is 11.6. The first-order valence-corrected chi connectivity index (χ1v) is 9.08. The van der Waals surface area contributed by atoms with Crippen LogP contribution >= 0.6 is 23.2 Å². The lowest BCUT2D eigenvalue weighted by Gasteiger charge is -2.08. The standard InChI is InChI=1S/C12H8Cl2O5S2/c13-8-4-5-11(14)12(6-8)20(15,16)9-2-1-3-10(7-9)21(17,18)19/h1-7H,(H,17,18,19). The summed E-state index contributed by atoms with van der Waals surface area (Å²) in [5.41, 5.74) is 0. The maximum Gasteiger partial charge on any atom is 0.294 e. The molecule has 0 bridgehead atoms. The number of sulfone groups is 1. The van der Waals surface area contributed by atoms with Crippen LogP contribution in [0.3, 0.4) is 0 Å². The summed E-state index contributed by atoms with van der Waals surface area (Å²) in [4.78, 5) is -1.09. The smallest absolute Gasteiger partial charge is 0.282 e. The first kappa shape index (κ1) is 16.3. The van der Waals surface area contributed by atoms with Crippen LogP contribution in [0, 0.1) is 0 Å². The van der Waals surface area contributed by atoms with Gasteiger partial charge >= 0.3 is 0 Å². The Morgan fingerprint density at radius 3 is 2.10 bits per heavy atom. The molecule has 0 saturated carbocycles. The Morgan fingerprint density at radius 1 is 0.857 bits per heavy atom. The van der Waals surface area contributed by atoms with Crippen LogP contribution in [0.4, 0.5) is 0 Å². The van der Waals surface area contributed by atoms with Crippen molar-refractivity contribution in [1.29, 1.82) is 0 Å². The SMILES string of the molecule is O=S(=O)(O)c1cccc(S(=O)(=O)c2cc(Cl)ccc2Cl)c1. The maximum absolute atomic E-state index is 12.5. The van der Waals surface area contributed by atoms with Gasteiger partial charge in [0.1, 0.15) is 0 Å². The van der Waals surface area contributed by atoms with Crippen molar-refractivity contribution in [3.8, 4) is 0 Å². The van der Waals surface area contributed by atoms with Crippen LogP contribution in [-0.2, 0) is 20.0 Å². The van der Waals surface area contributed by atoms with Crippen molar-refractivity contribution in [2.24, 2.45) is 0 Å². The third-order valence-electron chi connectivity index (χ3n) is 2.60. The number of hydrogen-bond donors (Lipinski definition) is 1. The summed E-state index contributed by atoms with van der Waals surface area (Å²) in [5, 5.41) is 0.126. The number of halogens is 2. The number of hydrogen-bond acceptors (Lipinski definition) is 4. The Labute approximate surface area is 131 Å². The highest BCUT2D eigenvalue weighted by Crippen LogP contribution is 2.30. The van der Waals surface area contributed by atoms with Crippen LogP contribution in [0.15, 0.2) is 57.2 Å². The molecular formula is C12H8Cl2O5S2. The van der Waals surface area contributed by atoms with E-state index in [9.17, 15) is 16.8 Å². The van der Waals surface area contributed by atoms with E-state index in [4.69, 9.17) is 27.8 Å². The molecule has 0 radical (unpaired) electrons.